The van der Waals surface area contributed by atoms with Gasteiger partial charge in [-0.15, -0.1) is 10.2 Å². The van der Waals surface area contributed by atoms with Crippen LogP contribution in [0.25, 0.3) is 0 Å². The van der Waals surface area contributed by atoms with Crippen LogP contribution >= 0.6 is 23.5 Å². The van der Waals surface area contributed by atoms with Crippen LogP contribution in [-0.4, -0.2) is 59.3 Å². The number of carbonyl (C=O) groups excluding carboxylic acids is 1. The highest BCUT2D eigenvalue weighted by molar-refractivity contribution is 8.00. The van der Waals surface area contributed by atoms with Crippen molar-refractivity contribution < 1.29 is 13.9 Å². The number of nitrogens with zero attached hydrogens (tertiary/aromatic N) is 4. The molecule has 1 aromatic carbocycles. The number of thioether (sulfide) groups is 2. The number of ether oxygens (including phenoxy) is 1. The number of benzene rings is 1. The minimum absolute atomic E-state index is 0.0300. The molecular weight excluding hydrogens is 426 g/mol. The highest BCUT2D eigenvalue weighted by atomic mass is 32.2. The molecule has 12 heteroatoms. The van der Waals surface area contributed by atoms with Gasteiger partial charge in [0.2, 0.25) is 0 Å². The summed E-state index contributed by atoms with van der Waals surface area (Å²) < 4.78 is 10.8. The number of Topliss-reactive ketones (excluding diaryl/α,β-unsaturated/α-hetero) is 1. The molecule has 0 saturated carbocycles. The summed E-state index contributed by atoms with van der Waals surface area (Å²) in [6, 6.07) is 6.97. The molecule has 1 aromatic heterocycles. The predicted molar refractivity (Wildman–Crippen MR) is 117 cm³/mol. The molecule has 3 rings (SSSR count). The Labute approximate surface area is 182 Å². The molecule has 0 bridgehead atoms. The number of aliphatic imine (C=N–C) groups is 2. The lowest BCUT2D eigenvalue weighted by Crippen LogP contribution is -2.61. The number of nitrogens with one attached hydrogen (secondary N) is 3. The van der Waals surface area contributed by atoms with Crippen LogP contribution in [0.5, 0.6) is 5.75 Å². The van der Waals surface area contributed by atoms with Crippen LogP contribution in [0.1, 0.15) is 24.2 Å². The molecule has 1 saturated heterocycles. The number of guanidine groups is 2. The second kappa shape index (κ2) is 10.9. The maximum absolute atomic E-state index is 12.3. The lowest BCUT2D eigenvalue weighted by atomic mass is 10.1. The number of hydrogen-bond donors (Lipinski definition) is 3. The van der Waals surface area contributed by atoms with Crippen molar-refractivity contribution in [2.75, 3.05) is 26.0 Å². The van der Waals surface area contributed by atoms with Gasteiger partial charge in [0, 0.05) is 18.7 Å². The zero-order valence-corrected chi connectivity index (χ0v) is 18.5. The third-order valence-electron chi connectivity index (χ3n) is 3.75. The van der Waals surface area contributed by atoms with E-state index < -0.39 is 0 Å². The largest absolute Gasteiger partial charge is 0.497 e. The summed E-state index contributed by atoms with van der Waals surface area (Å²) in [5.41, 5.74) is 0.326. The summed E-state index contributed by atoms with van der Waals surface area (Å²) in [4.78, 5) is 21.0. The van der Waals surface area contributed by atoms with E-state index in [9.17, 15) is 4.79 Å². The zero-order chi connectivity index (χ0) is 21.3. The lowest BCUT2D eigenvalue weighted by molar-refractivity contribution is 0.102. The molecule has 2 heterocycles. The standard InChI is InChI=1S/C18H23N7O3S2/c1-4-19-14-21-15(20-5-2)23-16(22-14)30-18-25-24-17(28-18)29-10-13(26)11-6-8-12(27-3)9-7-11/h6-9,16H,4-5,10H2,1-3H3,(H3,19,20,21,22,23). The quantitative estimate of drug-likeness (QED) is 0.386. The van der Waals surface area contributed by atoms with Crippen molar-refractivity contribution in [2.45, 2.75) is 29.8 Å². The van der Waals surface area contributed by atoms with Crippen LogP contribution in [0.2, 0.25) is 0 Å². The van der Waals surface area contributed by atoms with Gasteiger partial charge < -0.3 is 19.8 Å². The Morgan fingerprint density at radius 2 is 1.73 bits per heavy atom. The number of aromatic nitrogens is 2. The van der Waals surface area contributed by atoms with E-state index in [1.165, 1.54) is 23.5 Å². The summed E-state index contributed by atoms with van der Waals surface area (Å²) in [5, 5.41) is 18.2. The number of methoxy groups -OCH3 is 1. The van der Waals surface area contributed by atoms with Gasteiger partial charge in [0.1, 0.15) is 5.75 Å². The first-order valence-electron chi connectivity index (χ1n) is 9.30. The SMILES string of the molecule is CCN=C1NC(=NCC)NC(Sc2nnc(SCC(=O)c3ccc(OC)cc3)o2)N1. The van der Waals surface area contributed by atoms with Crippen molar-refractivity contribution >= 4 is 41.2 Å². The molecule has 0 radical (unpaired) electrons. The molecule has 0 unspecified atom stereocenters. The minimum Gasteiger partial charge on any atom is -0.497 e. The van der Waals surface area contributed by atoms with Crippen LogP contribution in [0.3, 0.4) is 0 Å². The Hall–Kier alpha value is -2.73. The van der Waals surface area contributed by atoms with Crippen LogP contribution in [0, 0.1) is 0 Å². The Bertz CT molecular complexity index is 893. The Morgan fingerprint density at radius 1 is 1.10 bits per heavy atom. The predicted octanol–water partition coefficient (Wildman–Crippen LogP) is 1.96. The highest BCUT2D eigenvalue weighted by Crippen LogP contribution is 2.25. The van der Waals surface area contributed by atoms with E-state index >= 15 is 0 Å². The molecule has 10 nitrogen and oxygen atoms in total. The van der Waals surface area contributed by atoms with Gasteiger partial charge in [-0.2, -0.15) is 0 Å². The molecule has 3 N–H and O–H groups in total. The molecule has 2 aromatic rings. The normalized spacial score (nSPS) is 18.6. The van der Waals surface area contributed by atoms with Crippen molar-refractivity contribution in [2.24, 2.45) is 9.98 Å². The second-order valence-corrected chi connectivity index (χ2v) is 7.81. The summed E-state index contributed by atoms with van der Waals surface area (Å²) in [6.45, 7) is 5.17. The summed E-state index contributed by atoms with van der Waals surface area (Å²) in [7, 11) is 1.58. The zero-order valence-electron chi connectivity index (χ0n) is 16.8. The first-order valence-corrected chi connectivity index (χ1v) is 11.2. The molecule has 0 amide bonds. The number of hydrogen-bond acceptors (Lipinski definition) is 9. The summed E-state index contributed by atoms with van der Waals surface area (Å²) in [6.07, 6.45) is 0. The van der Waals surface area contributed by atoms with Gasteiger partial charge in [-0.3, -0.25) is 20.1 Å². The van der Waals surface area contributed by atoms with E-state index in [1.807, 2.05) is 13.8 Å². The first-order chi connectivity index (χ1) is 14.6. The molecule has 0 atom stereocenters. The van der Waals surface area contributed by atoms with Crippen molar-refractivity contribution in [3.05, 3.63) is 29.8 Å². The molecule has 0 aliphatic carbocycles. The molecule has 30 heavy (non-hydrogen) atoms. The lowest BCUT2D eigenvalue weighted by Gasteiger charge is -2.28. The molecule has 0 spiro atoms. The van der Waals surface area contributed by atoms with Crippen molar-refractivity contribution in [1.82, 2.24) is 26.1 Å². The molecule has 1 aliphatic rings. The number of ketones is 1. The monoisotopic (exact) mass is 449 g/mol. The van der Waals surface area contributed by atoms with Gasteiger partial charge in [-0.25, -0.2) is 0 Å². The number of carbonyl (C=O) groups is 1. The third-order valence-corrected chi connectivity index (χ3v) is 5.41. The highest BCUT2D eigenvalue weighted by Gasteiger charge is 2.23. The Kier molecular flexibility index (Phi) is 7.97. The minimum atomic E-state index is -0.277. The van der Waals surface area contributed by atoms with Gasteiger partial charge >= 0.3 is 0 Å². The maximum Gasteiger partial charge on any atom is 0.281 e. The molecule has 1 aliphatic heterocycles. The van der Waals surface area contributed by atoms with Gasteiger partial charge in [0.15, 0.2) is 23.2 Å². The van der Waals surface area contributed by atoms with Crippen molar-refractivity contribution in [1.29, 1.82) is 0 Å². The van der Waals surface area contributed by atoms with Crippen molar-refractivity contribution in [3.8, 4) is 5.75 Å². The van der Waals surface area contributed by atoms with Crippen LogP contribution in [0.4, 0.5) is 0 Å². The van der Waals surface area contributed by atoms with Crippen LogP contribution < -0.4 is 20.7 Å². The van der Waals surface area contributed by atoms with E-state index in [-0.39, 0.29) is 17.0 Å². The first kappa shape index (κ1) is 22.0. The van der Waals surface area contributed by atoms with Crippen molar-refractivity contribution in [3.63, 3.8) is 0 Å². The Morgan fingerprint density at radius 3 is 2.33 bits per heavy atom. The molecule has 160 valence electrons. The third kappa shape index (κ3) is 6.13. The summed E-state index contributed by atoms with van der Waals surface area (Å²) >= 11 is 2.50. The fraction of sp³-hybridized carbons (Fsp3) is 0.389. The molecule has 1 fully saturated rings. The Balaban J connectivity index is 1.55. The smallest absolute Gasteiger partial charge is 0.281 e. The molecular formula is C18H23N7O3S2. The van der Waals surface area contributed by atoms with E-state index in [0.717, 1.165) is 0 Å². The van der Waals surface area contributed by atoms with E-state index in [0.29, 0.717) is 46.8 Å². The fourth-order valence-electron chi connectivity index (χ4n) is 2.41. The number of rotatable bonds is 9. The van der Waals surface area contributed by atoms with E-state index in [2.05, 4.69) is 36.1 Å². The second-order valence-electron chi connectivity index (χ2n) is 5.83. The van der Waals surface area contributed by atoms with Crippen LogP contribution in [0.15, 0.2) is 49.1 Å². The van der Waals surface area contributed by atoms with Gasteiger partial charge in [-0.1, -0.05) is 11.8 Å². The topological polar surface area (TPSA) is 126 Å². The van der Waals surface area contributed by atoms with E-state index in [4.69, 9.17) is 9.15 Å². The average molecular weight is 450 g/mol. The van der Waals surface area contributed by atoms with Gasteiger partial charge in [-0.05, 0) is 49.9 Å². The maximum atomic E-state index is 12.3. The van der Waals surface area contributed by atoms with Crippen LogP contribution in [-0.2, 0) is 0 Å². The summed E-state index contributed by atoms with van der Waals surface area (Å²) in [5.74, 6) is 2.12. The fourth-order valence-corrected chi connectivity index (χ4v) is 3.87. The van der Waals surface area contributed by atoms with Gasteiger partial charge in [0.25, 0.3) is 10.4 Å². The average Bonchev–Trinajstić information content (AvgIpc) is 3.19. The van der Waals surface area contributed by atoms with E-state index in [1.54, 1.807) is 31.4 Å². The van der Waals surface area contributed by atoms with Gasteiger partial charge in [0.05, 0.1) is 12.9 Å².